The molecule has 0 bridgehead atoms. The lowest BCUT2D eigenvalue weighted by Crippen LogP contribution is -2.52. The number of carbonyl (C=O) groups excluding carboxylic acids is 2. The van der Waals surface area contributed by atoms with Crippen molar-refractivity contribution in [1.82, 2.24) is 15.5 Å². The van der Waals surface area contributed by atoms with Crippen LogP contribution < -0.4 is 10.6 Å². The van der Waals surface area contributed by atoms with E-state index in [0.29, 0.717) is 19.5 Å². The van der Waals surface area contributed by atoms with E-state index in [9.17, 15) is 14.4 Å². The number of rotatable bonds is 8. The molecule has 0 aliphatic carbocycles. The third kappa shape index (κ3) is 7.60. The Morgan fingerprint density at radius 2 is 1.80 bits per heavy atom. The van der Waals surface area contributed by atoms with Crippen molar-refractivity contribution in [2.45, 2.75) is 46.1 Å². The van der Waals surface area contributed by atoms with E-state index in [0.717, 1.165) is 0 Å². The molecule has 0 spiro atoms. The molecule has 0 aliphatic heterocycles. The largest absolute Gasteiger partial charge is 0.481 e. The molecule has 0 aromatic rings. The SMILES string of the molecule is CCNC(=O)CN(CC)C(=O)NC(C)(C)CCC(=O)O. The normalized spacial score (nSPS) is 10.8. The van der Waals surface area contributed by atoms with Gasteiger partial charge < -0.3 is 20.6 Å². The number of likely N-dealkylation sites (N-methyl/N-ethyl adjacent to an activating group) is 2. The van der Waals surface area contributed by atoms with Gasteiger partial charge in [0.25, 0.3) is 0 Å². The van der Waals surface area contributed by atoms with E-state index in [4.69, 9.17) is 5.11 Å². The fourth-order valence-corrected chi connectivity index (χ4v) is 1.60. The van der Waals surface area contributed by atoms with Crippen molar-refractivity contribution in [3.63, 3.8) is 0 Å². The molecule has 0 heterocycles. The minimum absolute atomic E-state index is 0.00875. The van der Waals surface area contributed by atoms with Crippen molar-refractivity contribution in [2.24, 2.45) is 0 Å². The molecular formula is C13H25N3O4. The van der Waals surface area contributed by atoms with Gasteiger partial charge in [-0.3, -0.25) is 9.59 Å². The zero-order valence-corrected chi connectivity index (χ0v) is 12.7. The number of hydrogen-bond donors (Lipinski definition) is 3. The summed E-state index contributed by atoms with van der Waals surface area (Å²) in [6.45, 7) is 8.01. The summed E-state index contributed by atoms with van der Waals surface area (Å²) in [5.41, 5.74) is -0.635. The van der Waals surface area contributed by atoms with Gasteiger partial charge in [0.2, 0.25) is 5.91 Å². The number of nitrogens with one attached hydrogen (secondary N) is 2. The molecule has 0 saturated heterocycles. The van der Waals surface area contributed by atoms with Gasteiger partial charge in [-0.15, -0.1) is 0 Å². The number of hydrogen-bond acceptors (Lipinski definition) is 3. The van der Waals surface area contributed by atoms with Gasteiger partial charge in [-0.25, -0.2) is 4.79 Å². The molecule has 0 atom stereocenters. The standard InChI is InChI=1S/C13H25N3O4/c1-5-14-10(17)9-16(6-2)12(20)15-13(3,4)8-7-11(18)19/h5-9H2,1-4H3,(H,14,17)(H,15,20)(H,18,19). The molecule has 3 amide bonds. The molecule has 0 radical (unpaired) electrons. The molecule has 7 nitrogen and oxygen atoms in total. The Morgan fingerprint density at radius 3 is 2.25 bits per heavy atom. The Labute approximate surface area is 119 Å². The van der Waals surface area contributed by atoms with E-state index in [1.54, 1.807) is 20.8 Å². The fraction of sp³-hybridized carbons (Fsp3) is 0.769. The predicted octanol–water partition coefficient (Wildman–Crippen LogP) is 0.797. The van der Waals surface area contributed by atoms with Gasteiger partial charge in [-0.1, -0.05) is 0 Å². The summed E-state index contributed by atoms with van der Waals surface area (Å²) in [4.78, 5) is 35.5. The smallest absolute Gasteiger partial charge is 0.318 e. The number of carboxylic acid groups (broad SMARTS) is 1. The Balaban J connectivity index is 4.46. The molecule has 0 aromatic carbocycles. The van der Waals surface area contributed by atoms with E-state index in [1.807, 2.05) is 6.92 Å². The van der Waals surface area contributed by atoms with Crippen LogP contribution in [0.25, 0.3) is 0 Å². The Hall–Kier alpha value is -1.79. The van der Waals surface area contributed by atoms with Gasteiger partial charge in [-0.2, -0.15) is 0 Å². The van der Waals surface area contributed by atoms with Crippen molar-refractivity contribution < 1.29 is 19.5 Å². The highest BCUT2D eigenvalue weighted by Gasteiger charge is 2.24. The second-order valence-electron chi connectivity index (χ2n) is 5.18. The number of carboxylic acids is 1. The molecule has 20 heavy (non-hydrogen) atoms. The first-order valence-electron chi connectivity index (χ1n) is 6.77. The van der Waals surface area contributed by atoms with Gasteiger partial charge in [0.05, 0.1) is 0 Å². The maximum absolute atomic E-state index is 12.1. The van der Waals surface area contributed by atoms with Gasteiger partial charge in [-0.05, 0) is 34.1 Å². The van der Waals surface area contributed by atoms with Crippen LogP contribution in [-0.2, 0) is 9.59 Å². The van der Waals surface area contributed by atoms with Crippen molar-refractivity contribution in [2.75, 3.05) is 19.6 Å². The van der Waals surface area contributed by atoms with E-state index in [1.165, 1.54) is 4.90 Å². The van der Waals surface area contributed by atoms with Crippen LogP contribution in [0, 0.1) is 0 Å². The average Bonchev–Trinajstić information content (AvgIpc) is 2.33. The van der Waals surface area contributed by atoms with Crippen LogP contribution in [-0.4, -0.2) is 53.1 Å². The van der Waals surface area contributed by atoms with Crippen molar-refractivity contribution >= 4 is 17.9 Å². The first kappa shape index (κ1) is 18.2. The third-order valence-electron chi connectivity index (χ3n) is 2.79. The molecule has 0 saturated carbocycles. The first-order chi connectivity index (χ1) is 9.21. The molecule has 0 unspecified atom stereocenters. The Kier molecular flexibility index (Phi) is 7.64. The van der Waals surface area contributed by atoms with Crippen LogP contribution in [0.5, 0.6) is 0 Å². The van der Waals surface area contributed by atoms with Crippen LogP contribution in [0.4, 0.5) is 4.79 Å². The number of aliphatic carboxylic acids is 1. The van der Waals surface area contributed by atoms with E-state index in [-0.39, 0.29) is 24.9 Å². The first-order valence-corrected chi connectivity index (χ1v) is 6.77. The summed E-state index contributed by atoms with van der Waals surface area (Å²) in [6.07, 6.45) is 0.308. The molecule has 0 fully saturated rings. The minimum atomic E-state index is -0.901. The maximum Gasteiger partial charge on any atom is 0.318 e. The van der Waals surface area contributed by atoms with E-state index in [2.05, 4.69) is 10.6 Å². The monoisotopic (exact) mass is 287 g/mol. The highest BCUT2D eigenvalue weighted by atomic mass is 16.4. The summed E-state index contributed by atoms with van der Waals surface area (Å²) in [5.74, 6) is -1.12. The quantitative estimate of drug-likeness (QED) is 0.615. The lowest BCUT2D eigenvalue weighted by atomic mass is 9.99. The number of carbonyl (C=O) groups is 3. The Bertz CT molecular complexity index is 356. The summed E-state index contributed by atoms with van der Waals surface area (Å²) in [7, 11) is 0. The van der Waals surface area contributed by atoms with Crippen molar-refractivity contribution in [1.29, 1.82) is 0 Å². The number of urea groups is 1. The van der Waals surface area contributed by atoms with Crippen LogP contribution in [0.15, 0.2) is 0 Å². The summed E-state index contributed by atoms with van der Waals surface area (Å²) < 4.78 is 0. The topological polar surface area (TPSA) is 98.7 Å². The molecular weight excluding hydrogens is 262 g/mol. The van der Waals surface area contributed by atoms with Gasteiger partial charge >= 0.3 is 12.0 Å². The third-order valence-corrected chi connectivity index (χ3v) is 2.79. The van der Waals surface area contributed by atoms with Crippen LogP contribution in [0.2, 0.25) is 0 Å². The zero-order chi connectivity index (χ0) is 15.8. The molecule has 0 aromatic heterocycles. The zero-order valence-electron chi connectivity index (χ0n) is 12.7. The van der Waals surface area contributed by atoms with Crippen LogP contribution >= 0.6 is 0 Å². The summed E-state index contributed by atoms with van der Waals surface area (Å²) in [6, 6.07) is -0.367. The fourth-order valence-electron chi connectivity index (χ4n) is 1.60. The number of amides is 3. The Morgan fingerprint density at radius 1 is 1.20 bits per heavy atom. The van der Waals surface area contributed by atoms with Gasteiger partial charge in [0.1, 0.15) is 6.54 Å². The summed E-state index contributed by atoms with van der Waals surface area (Å²) >= 11 is 0. The van der Waals surface area contributed by atoms with Gasteiger partial charge in [0.15, 0.2) is 0 Å². The van der Waals surface area contributed by atoms with Crippen molar-refractivity contribution in [3.05, 3.63) is 0 Å². The molecule has 0 aliphatic rings. The minimum Gasteiger partial charge on any atom is -0.481 e. The maximum atomic E-state index is 12.1. The molecule has 0 rings (SSSR count). The average molecular weight is 287 g/mol. The second kappa shape index (κ2) is 8.39. The highest BCUT2D eigenvalue weighted by Crippen LogP contribution is 2.11. The summed E-state index contributed by atoms with van der Waals surface area (Å²) in [5, 5.41) is 14.1. The van der Waals surface area contributed by atoms with Crippen LogP contribution in [0.1, 0.15) is 40.5 Å². The van der Waals surface area contributed by atoms with Gasteiger partial charge in [0, 0.05) is 25.0 Å². The lowest BCUT2D eigenvalue weighted by Gasteiger charge is -2.30. The molecule has 7 heteroatoms. The predicted molar refractivity (Wildman–Crippen MR) is 75.4 cm³/mol. The molecule has 3 N–H and O–H groups in total. The lowest BCUT2D eigenvalue weighted by molar-refractivity contribution is -0.137. The van der Waals surface area contributed by atoms with Crippen molar-refractivity contribution in [3.8, 4) is 0 Å². The highest BCUT2D eigenvalue weighted by molar-refractivity contribution is 5.84. The van der Waals surface area contributed by atoms with Crippen LogP contribution in [0.3, 0.4) is 0 Å². The van der Waals surface area contributed by atoms with E-state index < -0.39 is 11.5 Å². The van der Waals surface area contributed by atoms with E-state index >= 15 is 0 Å². The number of nitrogens with zero attached hydrogens (tertiary/aromatic N) is 1. The molecule has 116 valence electrons. The second-order valence-corrected chi connectivity index (χ2v) is 5.18.